The monoisotopic (exact) mass is 341 g/mol. The van der Waals surface area contributed by atoms with E-state index in [1.54, 1.807) is 23.6 Å². The van der Waals surface area contributed by atoms with E-state index in [4.69, 9.17) is 5.73 Å². The van der Waals surface area contributed by atoms with E-state index in [1.165, 1.54) is 0 Å². The van der Waals surface area contributed by atoms with Crippen LogP contribution in [0.5, 0.6) is 0 Å². The molecule has 124 valence electrons. The molecule has 0 saturated carbocycles. The minimum Gasteiger partial charge on any atom is -0.384 e. The van der Waals surface area contributed by atoms with Gasteiger partial charge in [-0.15, -0.1) is 11.3 Å². The molecule has 1 aliphatic heterocycles. The lowest BCUT2D eigenvalue weighted by atomic mass is 9.97. The highest BCUT2D eigenvalue weighted by Gasteiger charge is 2.26. The second kappa shape index (κ2) is 6.56. The van der Waals surface area contributed by atoms with E-state index in [0.717, 1.165) is 44.0 Å². The van der Waals surface area contributed by atoms with Crippen molar-refractivity contribution in [1.29, 1.82) is 0 Å². The van der Waals surface area contributed by atoms with Gasteiger partial charge in [-0.25, -0.2) is 15.0 Å². The number of hydrogen-bond donors (Lipinski definition) is 1. The predicted octanol–water partition coefficient (Wildman–Crippen LogP) is 2.14. The molecule has 1 atom stereocenters. The Hall–Kier alpha value is -2.48. The van der Waals surface area contributed by atoms with E-state index in [9.17, 15) is 0 Å². The van der Waals surface area contributed by atoms with E-state index in [0.29, 0.717) is 17.7 Å². The number of thiazole rings is 1. The molecule has 0 aliphatic carbocycles. The third-order valence-corrected chi connectivity index (χ3v) is 4.93. The Morgan fingerprint density at radius 1 is 1.25 bits per heavy atom. The molecule has 1 fully saturated rings. The van der Waals surface area contributed by atoms with Gasteiger partial charge in [0.1, 0.15) is 11.6 Å². The van der Waals surface area contributed by atoms with Crippen LogP contribution in [-0.4, -0.2) is 37.6 Å². The Balaban J connectivity index is 1.53. The molecule has 0 amide bonds. The van der Waals surface area contributed by atoms with Gasteiger partial charge in [-0.05, 0) is 18.9 Å². The van der Waals surface area contributed by atoms with Crippen LogP contribution in [0, 0.1) is 0 Å². The summed E-state index contributed by atoms with van der Waals surface area (Å²) in [5, 5.41) is 2.08. The zero-order valence-electron chi connectivity index (χ0n) is 13.2. The van der Waals surface area contributed by atoms with Crippen molar-refractivity contribution < 1.29 is 0 Å². The fraction of sp³-hybridized carbons (Fsp3) is 0.375. The summed E-state index contributed by atoms with van der Waals surface area (Å²) in [4.78, 5) is 19.9. The summed E-state index contributed by atoms with van der Waals surface area (Å²) in [6.45, 7) is 2.58. The lowest BCUT2D eigenvalue weighted by Gasteiger charge is -2.32. The minimum absolute atomic E-state index is 0.359. The molecule has 3 aromatic rings. The highest BCUT2D eigenvalue weighted by molar-refractivity contribution is 7.07. The minimum atomic E-state index is 0.359. The maximum atomic E-state index is 5.79. The van der Waals surface area contributed by atoms with Gasteiger partial charge in [0.15, 0.2) is 0 Å². The molecule has 0 bridgehead atoms. The summed E-state index contributed by atoms with van der Waals surface area (Å²) in [6.07, 6.45) is 7.83. The van der Waals surface area contributed by atoms with Gasteiger partial charge in [0.05, 0.1) is 17.7 Å². The third-order valence-electron chi connectivity index (χ3n) is 4.30. The average molecular weight is 341 g/mol. The fourth-order valence-corrected chi connectivity index (χ4v) is 3.74. The smallest absolute Gasteiger partial charge is 0.227 e. The second-order valence-corrected chi connectivity index (χ2v) is 6.68. The molecule has 0 spiro atoms. The summed E-state index contributed by atoms with van der Waals surface area (Å²) in [5.74, 6) is 2.68. The van der Waals surface area contributed by atoms with Gasteiger partial charge in [0.2, 0.25) is 5.95 Å². The lowest BCUT2D eigenvalue weighted by Crippen LogP contribution is -2.36. The van der Waals surface area contributed by atoms with Crippen molar-refractivity contribution in [2.75, 3.05) is 23.7 Å². The van der Waals surface area contributed by atoms with E-state index in [-0.39, 0.29) is 0 Å². The number of nitrogens with two attached hydrogens (primary N) is 1. The first-order valence-electron chi connectivity index (χ1n) is 8.01. The molecule has 7 nitrogen and oxygen atoms in total. The zero-order chi connectivity index (χ0) is 16.4. The highest BCUT2D eigenvalue weighted by Crippen LogP contribution is 2.28. The predicted molar refractivity (Wildman–Crippen MR) is 94.1 cm³/mol. The van der Waals surface area contributed by atoms with E-state index in [1.807, 2.05) is 17.9 Å². The number of nitrogens with zero attached hydrogens (tertiary/aromatic N) is 6. The number of nitrogen functional groups attached to an aromatic ring is 1. The number of imidazole rings is 1. The van der Waals surface area contributed by atoms with Gasteiger partial charge < -0.3 is 15.2 Å². The number of rotatable bonds is 4. The third kappa shape index (κ3) is 3.09. The quantitative estimate of drug-likeness (QED) is 0.782. The molecule has 4 heterocycles. The number of hydrogen-bond acceptors (Lipinski definition) is 7. The van der Waals surface area contributed by atoms with Crippen molar-refractivity contribution in [2.24, 2.45) is 0 Å². The van der Waals surface area contributed by atoms with Crippen LogP contribution in [0.2, 0.25) is 0 Å². The largest absolute Gasteiger partial charge is 0.384 e. The van der Waals surface area contributed by atoms with Crippen LogP contribution < -0.4 is 10.6 Å². The van der Waals surface area contributed by atoms with E-state index >= 15 is 0 Å². The van der Waals surface area contributed by atoms with Crippen molar-refractivity contribution in [1.82, 2.24) is 24.5 Å². The normalized spacial score (nSPS) is 18.0. The Morgan fingerprint density at radius 2 is 2.21 bits per heavy atom. The van der Waals surface area contributed by atoms with Gasteiger partial charge >= 0.3 is 0 Å². The maximum Gasteiger partial charge on any atom is 0.227 e. The molecule has 2 N–H and O–H groups in total. The van der Waals surface area contributed by atoms with Gasteiger partial charge in [-0.3, -0.25) is 0 Å². The van der Waals surface area contributed by atoms with Gasteiger partial charge in [0.25, 0.3) is 0 Å². The van der Waals surface area contributed by atoms with Gasteiger partial charge in [-0.1, -0.05) is 0 Å². The molecule has 1 aliphatic rings. The van der Waals surface area contributed by atoms with Crippen molar-refractivity contribution in [2.45, 2.75) is 25.3 Å². The Labute approximate surface area is 144 Å². The molecule has 24 heavy (non-hydrogen) atoms. The molecule has 0 unspecified atom stereocenters. The Kier molecular flexibility index (Phi) is 4.12. The molecule has 0 aromatic carbocycles. The molecule has 3 aromatic heterocycles. The Bertz CT molecular complexity index is 798. The molecule has 4 rings (SSSR count). The average Bonchev–Trinajstić information content (AvgIpc) is 3.27. The first-order valence-corrected chi connectivity index (χ1v) is 8.95. The van der Waals surface area contributed by atoms with Crippen molar-refractivity contribution in [3.8, 4) is 0 Å². The summed E-state index contributed by atoms with van der Waals surface area (Å²) in [6, 6.07) is 1.71. The summed E-state index contributed by atoms with van der Waals surface area (Å²) >= 11 is 1.62. The summed E-state index contributed by atoms with van der Waals surface area (Å²) < 4.78 is 2.20. The van der Waals surface area contributed by atoms with Crippen molar-refractivity contribution >= 4 is 23.1 Å². The lowest BCUT2D eigenvalue weighted by molar-refractivity contribution is 0.471. The van der Waals surface area contributed by atoms with Gasteiger partial charge in [-0.2, -0.15) is 4.98 Å². The molecular weight excluding hydrogens is 322 g/mol. The van der Waals surface area contributed by atoms with Gasteiger partial charge in [0, 0.05) is 43.0 Å². The number of anilines is 2. The SMILES string of the molecule is Nc1ccnc(N2CCC[C@@H](c3nccn3Cc3cscn3)C2)n1. The van der Waals surface area contributed by atoms with Crippen molar-refractivity contribution in [3.63, 3.8) is 0 Å². The molecule has 1 saturated heterocycles. The van der Waals surface area contributed by atoms with Crippen molar-refractivity contribution in [3.05, 3.63) is 47.1 Å². The van der Waals surface area contributed by atoms with Crippen LogP contribution >= 0.6 is 11.3 Å². The fourth-order valence-electron chi connectivity index (χ4n) is 3.19. The summed E-state index contributed by atoms with van der Waals surface area (Å²) in [5.41, 5.74) is 8.74. The van der Waals surface area contributed by atoms with Crippen LogP contribution in [0.3, 0.4) is 0 Å². The van der Waals surface area contributed by atoms with Crippen LogP contribution in [0.1, 0.15) is 30.3 Å². The molecule has 8 heteroatoms. The number of aromatic nitrogens is 5. The van der Waals surface area contributed by atoms with E-state index < -0.39 is 0 Å². The standard InChI is InChI=1S/C16H19N7S/c17-14-3-4-19-16(21-14)23-6-1-2-12(8-23)15-18-5-7-22(15)9-13-10-24-11-20-13/h3-5,7,10-12H,1-2,6,8-9H2,(H2,17,19,21)/t12-/m1/s1. The van der Waals surface area contributed by atoms with Crippen LogP contribution in [0.15, 0.2) is 35.5 Å². The zero-order valence-corrected chi connectivity index (χ0v) is 14.1. The Morgan fingerprint density at radius 3 is 3.04 bits per heavy atom. The summed E-state index contributed by atoms with van der Waals surface area (Å²) in [7, 11) is 0. The first-order chi connectivity index (χ1) is 11.8. The maximum absolute atomic E-state index is 5.79. The van der Waals surface area contributed by atoms with Crippen LogP contribution in [0.25, 0.3) is 0 Å². The topological polar surface area (TPSA) is 85.8 Å². The second-order valence-electron chi connectivity index (χ2n) is 5.96. The molecular formula is C16H19N7S. The molecule has 0 radical (unpaired) electrons. The van der Waals surface area contributed by atoms with Crippen LogP contribution in [-0.2, 0) is 6.54 Å². The van der Waals surface area contributed by atoms with E-state index in [2.05, 4.69) is 34.8 Å². The highest BCUT2D eigenvalue weighted by atomic mass is 32.1. The number of piperidine rings is 1. The first kappa shape index (κ1) is 15.1. The van der Waals surface area contributed by atoms with Crippen LogP contribution in [0.4, 0.5) is 11.8 Å².